The molecule has 1 fully saturated rings. The summed E-state index contributed by atoms with van der Waals surface area (Å²) in [6, 6.07) is 6.74. The van der Waals surface area contributed by atoms with E-state index in [-0.39, 0.29) is 11.7 Å². The zero-order chi connectivity index (χ0) is 16.4. The van der Waals surface area contributed by atoms with Crippen LogP contribution < -0.4 is 0 Å². The van der Waals surface area contributed by atoms with Gasteiger partial charge in [-0.1, -0.05) is 0 Å². The van der Waals surface area contributed by atoms with E-state index in [1.807, 2.05) is 13.0 Å². The van der Waals surface area contributed by atoms with E-state index in [9.17, 15) is 13.2 Å². The molecule has 0 spiro atoms. The molecule has 0 atom stereocenters. The molecule has 23 heavy (non-hydrogen) atoms. The van der Waals surface area contributed by atoms with Gasteiger partial charge in [-0.05, 0) is 37.6 Å². The molecule has 0 aromatic carbocycles. The molecule has 1 aliphatic heterocycles. The lowest BCUT2D eigenvalue weighted by Crippen LogP contribution is -2.37. The number of amides is 1. The molecule has 0 bridgehead atoms. The van der Waals surface area contributed by atoms with Gasteiger partial charge in [-0.3, -0.25) is 4.79 Å². The largest absolute Gasteiger partial charge is 0.459 e. The second kappa shape index (κ2) is 6.46. The highest BCUT2D eigenvalue weighted by Gasteiger charge is 2.29. The Morgan fingerprint density at radius 2 is 2.00 bits per heavy atom. The molecule has 2 aromatic heterocycles. The van der Waals surface area contributed by atoms with Crippen LogP contribution in [0.2, 0.25) is 0 Å². The maximum Gasteiger partial charge on any atom is 0.289 e. The summed E-state index contributed by atoms with van der Waals surface area (Å²) in [6.45, 7) is 3.49. The number of carbonyl (C=O) groups excluding carboxylic acids is 1. The van der Waals surface area contributed by atoms with Crippen LogP contribution in [0.25, 0.3) is 0 Å². The summed E-state index contributed by atoms with van der Waals surface area (Å²) in [7, 11) is -3.48. The van der Waals surface area contributed by atoms with Crippen LogP contribution in [0.1, 0.15) is 21.9 Å². The quantitative estimate of drug-likeness (QED) is 0.847. The molecule has 8 heteroatoms. The van der Waals surface area contributed by atoms with E-state index in [2.05, 4.69) is 0 Å². The van der Waals surface area contributed by atoms with Gasteiger partial charge in [0.15, 0.2) is 5.76 Å². The maximum absolute atomic E-state index is 12.7. The normalized spacial score (nSPS) is 17.2. The minimum Gasteiger partial charge on any atom is -0.459 e. The van der Waals surface area contributed by atoms with Crippen molar-refractivity contribution in [1.82, 2.24) is 9.21 Å². The lowest BCUT2D eigenvalue weighted by atomic mass is 10.3. The van der Waals surface area contributed by atoms with E-state index in [4.69, 9.17) is 4.42 Å². The Balaban J connectivity index is 1.72. The molecule has 0 unspecified atom stereocenters. The van der Waals surface area contributed by atoms with E-state index >= 15 is 0 Å². The summed E-state index contributed by atoms with van der Waals surface area (Å²) in [5.41, 5.74) is 0. The smallest absolute Gasteiger partial charge is 0.289 e. The summed E-state index contributed by atoms with van der Waals surface area (Å²) < 4.78 is 32.3. The standard InChI is InChI=1S/C15H18N2O4S2/c1-12-5-6-14(22-12)23(19,20)17-8-3-7-16(9-10-17)15(18)13-4-2-11-21-13/h2,4-6,11H,3,7-10H2,1H3. The van der Waals surface area contributed by atoms with Gasteiger partial charge in [0, 0.05) is 31.1 Å². The minimum atomic E-state index is -3.48. The fraction of sp³-hybridized carbons (Fsp3) is 0.400. The zero-order valence-electron chi connectivity index (χ0n) is 12.8. The van der Waals surface area contributed by atoms with Crippen LogP contribution in [-0.4, -0.2) is 49.7 Å². The van der Waals surface area contributed by atoms with Gasteiger partial charge in [-0.2, -0.15) is 4.31 Å². The Hall–Kier alpha value is -1.64. The Morgan fingerprint density at radius 3 is 2.65 bits per heavy atom. The second-order valence-corrected chi connectivity index (χ2v) is 8.84. The van der Waals surface area contributed by atoms with Gasteiger partial charge in [0.1, 0.15) is 4.21 Å². The summed E-state index contributed by atoms with van der Waals surface area (Å²) in [4.78, 5) is 14.9. The summed E-state index contributed by atoms with van der Waals surface area (Å²) >= 11 is 1.28. The fourth-order valence-electron chi connectivity index (χ4n) is 2.57. The first-order chi connectivity index (χ1) is 11.0. The SMILES string of the molecule is Cc1ccc(S(=O)(=O)N2CCCN(C(=O)c3ccco3)CC2)s1. The summed E-state index contributed by atoms with van der Waals surface area (Å²) in [5, 5.41) is 0. The van der Waals surface area contributed by atoms with Crippen LogP contribution in [0.4, 0.5) is 0 Å². The predicted octanol–water partition coefficient (Wildman–Crippen LogP) is 2.19. The van der Waals surface area contributed by atoms with Crippen LogP contribution in [0, 0.1) is 6.92 Å². The van der Waals surface area contributed by atoms with Gasteiger partial charge in [0.2, 0.25) is 0 Å². The van der Waals surface area contributed by atoms with Crippen molar-refractivity contribution in [1.29, 1.82) is 0 Å². The summed E-state index contributed by atoms with van der Waals surface area (Å²) in [5.74, 6) is 0.0939. The number of hydrogen-bond donors (Lipinski definition) is 0. The molecule has 1 aliphatic rings. The molecule has 0 aliphatic carbocycles. The van der Waals surface area contributed by atoms with Crippen molar-refractivity contribution in [2.45, 2.75) is 17.6 Å². The molecular weight excluding hydrogens is 336 g/mol. The van der Waals surface area contributed by atoms with E-state index < -0.39 is 10.0 Å². The predicted molar refractivity (Wildman–Crippen MR) is 87.0 cm³/mol. The van der Waals surface area contributed by atoms with E-state index in [0.717, 1.165) is 4.88 Å². The van der Waals surface area contributed by atoms with Crippen LogP contribution in [0.3, 0.4) is 0 Å². The van der Waals surface area contributed by atoms with E-state index in [1.54, 1.807) is 23.1 Å². The van der Waals surface area contributed by atoms with Crippen molar-refractivity contribution in [2.75, 3.05) is 26.2 Å². The molecule has 2 aromatic rings. The van der Waals surface area contributed by atoms with Gasteiger partial charge in [-0.25, -0.2) is 8.42 Å². The third-order valence-electron chi connectivity index (χ3n) is 3.78. The number of hydrogen-bond acceptors (Lipinski definition) is 5. The fourth-order valence-corrected chi connectivity index (χ4v) is 5.48. The maximum atomic E-state index is 12.7. The molecule has 0 radical (unpaired) electrons. The molecule has 0 N–H and O–H groups in total. The number of thiophene rings is 1. The molecule has 0 saturated carbocycles. The number of sulfonamides is 1. The van der Waals surface area contributed by atoms with Crippen LogP contribution >= 0.6 is 11.3 Å². The molecule has 124 valence electrons. The van der Waals surface area contributed by atoms with Crippen molar-refractivity contribution in [3.8, 4) is 0 Å². The average molecular weight is 354 g/mol. The monoisotopic (exact) mass is 354 g/mol. The number of carbonyl (C=O) groups is 1. The highest BCUT2D eigenvalue weighted by Crippen LogP contribution is 2.25. The van der Waals surface area contributed by atoms with Gasteiger partial charge < -0.3 is 9.32 Å². The van der Waals surface area contributed by atoms with E-state index in [1.165, 1.54) is 21.9 Å². The lowest BCUT2D eigenvalue weighted by Gasteiger charge is -2.20. The molecule has 3 rings (SSSR count). The first-order valence-corrected chi connectivity index (χ1v) is 9.63. The summed E-state index contributed by atoms with van der Waals surface area (Å²) in [6.07, 6.45) is 2.07. The third kappa shape index (κ3) is 3.34. The first-order valence-electron chi connectivity index (χ1n) is 7.38. The topological polar surface area (TPSA) is 70.8 Å². The molecular formula is C15H18N2O4S2. The molecule has 1 saturated heterocycles. The zero-order valence-corrected chi connectivity index (χ0v) is 14.4. The van der Waals surface area contributed by atoms with Crippen molar-refractivity contribution in [3.63, 3.8) is 0 Å². The highest BCUT2D eigenvalue weighted by atomic mass is 32.2. The van der Waals surface area contributed by atoms with Crippen LogP contribution in [-0.2, 0) is 10.0 Å². The van der Waals surface area contributed by atoms with Crippen LogP contribution in [0.5, 0.6) is 0 Å². The Labute approximate surface area is 139 Å². The number of furan rings is 1. The van der Waals surface area contributed by atoms with E-state index in [0.29, 0.717) is 36.8 Å². The third-order valence-corrected chi connectivity index (χ3v) is 7.15. The van der Waals surface area contributed by atoms with Crippen molar-refractivity contribution in [2.24, 2.45) is 0 Å². The first kappa shape index (κ1) is 16.2. The van der Waals surface area contributed by atoms with Crippen LogP contribution in [0.15, 0.2) is 39.2 Å². The Morgan fingerprint density at radius 1 is 1.17 bits per heavy atom. The highest BCUT2D eigenvalue weighted by molar-refractivity contribution is 7.91. The Kier molecular flexibility index (Phi) is 4.56. The molecule has 1 amide bonds. The number of rotatable bonds is 3. The average Bonchev–Trinajstić information content (AvgIpc) is 3.13. The van der Waals surface area contributed by atoms with Gasteiger partial charge in [0.25, 0.3) is 15.9 Å². The molecule has 6 nitrogen and oxygen atoms in total. The van der Waals surface area contributed by atoms with Crippen molar-refractivity contribution in [3.05, 3.63) is 41.2 Å². The van der Waals surface area contributed by atoms with Crippen molar-refractivity contribution >= 4 is 27.3 Å². The number of aryl methyl sites for hydroxylation is 1. The van der Waals surface area contributed by atoms with Gasteiger partial charge >= 0.3 is 0 Å². The van der Waals surface area contributed by atoms with Gasteiger partial charge in [0.05, 0.1) is 6.26 Å². The minimum absolute atomic E-state index is 0.193. The Bertz CT molecular complexity index is 780. The van der Waals surface area contributed by atoms with Gasteiger partial charge in [-0.15, -0.1) is 11.3 Å². The number of nitrogens with zero attached hydrogens (tertiary/aromatic N) is 2. The van der Waals surface area contributed by atoms with Crippen molar-refractivity contribution < 1.29 is 17.6 Å². The second-order valence-electron chi connectivity index (χ2n) is 5.39. The lowest BCUT2D eigenvalue weighted by molar-refractivity contribution is 0.0732. The molecule has 3 heterocycles.